The van der Waals surface area contributed by atoms with Gasteiger partial charge in [-0.25, -0.2) is 28.9 Å². The highest BCUT2D eigenvalue weighted by atomic mass is 32.2. The number of allylic oxidation sites excluding steroid dienone is 2. The number of hydrogen-bond acceptors (Lipinski definition) is 16. The van der Waals surface area contributed by atoms with E-state index in [0.717, 1.165) is 30.7 Å². The number of nitrogens with two attached hydrogens (primary N) is 2. The first kappa shape index (κ1) is 60.5. The van der Waals surface area contributed by atoms with Crippen molar-refractivity contribution in [1.82, 2.24) is 48.6 Å². The molecule has 2 saturated heterocycles. The maximum atomic E-state index is 15.3. The molecule has 0 saturated carbocycles. The van der Waals surface area contributed by atoms with E-state index >= 15 is 4.39 Å². The molecule has 0 aliphatic carbocycles. The van der Waals surface area contributed by atoms with Gasteiger partial charge in [-0.05, 0) is 117 Å². The molecule has 6 heterocycles. The zero-order chi connectivity index (χ0) is 59.0. The van der Waals surface area contributed by atoms with E-state index in [1.54, 1.807) is 44.1 Å². The van der Waals surface area contributed by atoms with E-state index < -0.39 is 35.0 Å². The molecule has 440 valence electrons. The number of fused-ring (bicyclic) bond motifs is 2. The molecule has 6 amide bonds. The number of halogens is 1. The van der Waals surface area contributed by atoms with Crippen molar-refractivity contribution in [3.8, 4) is 5.75 Å². The number of aryl methyl sites for hydroxylation is 4. The monoisotopic (exact) mass is 1170 g/mol. The number of carbonyl (C=O) groups excluding carboxylic acids is 6. The Kier molecular flexibility index (Phi) is 19.6. The predicted octanol–water partition coefficient (Wildman–Crippen LogP) is 8.01. The molecule has 2 aliphatic rings. The van der Waals surface area contributed by atoms with Gasteiger partial charge < -0.3 is 44.6 Å². The Bertz CT molecular complexity index is 3380. The summed E-state index contributed by atoms with van der Waals surface area (Å²) >= 11 is 2.62. The Morgan fingerprint density at radius 1 is 0.793 bits per heavy atom. The van der Waals surface area contributed by atoms with Crippen LogP contribution in [0.5, 0.6) is 5.75 Å². The van der Waals surface area contributed by atoms with Crippen LogP contribution in [0.1, 0.15) is 124 Å². The molecule has 2 fully saturated rings. The Hall–Kier alpha value is -7.58. The first-order chi connectivity index (χ1) is 39.2. The van der Waals surface area contributed by atoms with E-state index in [1.165, 1.54) is 40.8 Å². The second kappa shape index (κ2) is 26.6. The van der Waals surface area contributed by atoms with Crippen LogP contribution in [0.3, 0.4) is 0 Å². The van der Waals surface area contributed by atoms with Gasteiger partial charge in [0.05, 0.1) is 46.2 Å². The SMILES string of the molecule is CCc1nc(C)sc1C(=O)Nc1nc2cc(C(N)=O)cc(OCCCN3CCN(C(=O)OCCCC4CCN(C(=O)OC(C)(C)C)CC4)CC3)c2n1C/C=C/Cn1c(NC(=O)c2c(F)c(C)nn2CC)nc2cc(C(N)=O)cc(SC)c21. The number of hydrogen-bond donors (Lipinski definition) is 4. The van der Waals surface area contributed by atoms with Crippen molar-refractivity contribution in [2.75, 3.05) is 75.9 Å². The number of anilines is 2. The summed E-state index contributed by atoms with van der Waals surface area (Å²) in [6, 6.07) is 6.28. The molecule has 26 heteroatoms. The summed E-state index contributed by atoms with van der Waals surface area (Å²) in [6.07, 6.45) is 9.47. The van der Waals surface area contributed by atoms with Crippen LogP contribution < -0.4 is 26.8 Å². The minimum Gasteiger partial charge on any atom is -0.491 e. The minimum atomic E-state index is -0.772. The van der Waals surface area contributed by atoms with Gasteiger partial charge in [-0.15, -0.1) is 23.1 Å². The molecule has 0 unspecified atom stereocenters. The Labute approximate surface area is 483 Å². The lowest BCUT2D eigenvalue weighted by atomic mass is 9.92. The van der Waals surface area contributed by atoms with Crippen molar-refractivity contribution in [1.29, 1.82) is 0 Å². The maximum absolute atomic E-state index is 15.3. The molecule has 0 spiro atoms. The lowest BCUT2D eigenvalue weighted by molar-refractivity contribution is 0.0176. The lowest BCUT2D eigenvalue weighted by Crippen LogP contribution is -2.49. The van der Waals surface area contributed by atoms with E-state index in [9.17, 15) is 28.8 Å². The van der Waals surface area contributed by atoms with Crippen molar-refractivity contribution in [2.24, 2.45) is 17.4 Å². The van der Waals surface area contributed by atoms with Crippen LogP contribution in [-0.2, 0) is 35.5 Å². The minimum absolute atomic E-state index is 0.0659. The standard InChI is InChI=1S/C56H73FN14O9S2/c1-9-38-47(82-34(4)60-38)51(75)64-53-61-39-29-36(48(58)72)31-41(78-28-14-18-66-23-25-68(26-24-66)54(76)79-27-13-15-35-16-21-67(22-17-35)55(77)80-56(5,6)7)44(39)69(53)19-11-12-20-70-45-40(30-37(49(59)73)32-42(45)81-8)62-52(70)63-50(74)46-43(57)33(3)65-71(46)10-2/h11-12,29-32,35H,9-10,13-28H2,1-8H3,(H2,58,72)(H2,59,73)(H,61,64,75)(H,62,63,74)/b12-11+. The average Bonchev–Trinajstić information content (AvgIpc) is 4.29. The van der Waals surface area contributed by atoms with Crippen LogP contribution in [0.15, 0.2) is 41.3 Å². The largest absolute Gasteiger partial charge is 0.491 e. The van der Waals surface area contributed by atoms with Gasteiger partial charge in [-0.1, -0.05) is 19.1 Å². The molecule has 2 aliphatic heterocycles. The summed E-state index contributed by atoms with van der Waals surface area (Å²) in [4.78, 5) is 99.4. The summed E-state index contributed by atoms with van der Waals surface area (Å²) < 4.78 is 37.8. The number of nitrogens with one attached hydrogen (secondary N) is 2. The molecular formula is C56H73FN14O9S2. The number of piperazine rings is 1. The maximum Gasteiger partial charge on any atom is 0.410 e. The molecule has 0 radical (unpaired) electrons. The van der Waals surface area contributed by atoms with E-state index in [-0.39, 0.29) is 72.8 Å². The summed E-state index contributed by atoms with van der Waals surface area (Å²) in [6.45, 7) is 17.9. The number of benzene rings is 2. The molecular weight excluding hydrogens is 1100 g/mol. The third kappa shape index (κ3) is 14.4. The number of ether oxygens (including phenoxy) is 3. The Morgan fingerprint density at radius 2 is 1.40 bits per heavy atom. The number of likely N-dealkylation sites (tertiary alicyclic amines) is 1. The lowest BCUT2D eigenvalue weighted by Gasteiger charge is -2.34. The van der Waals surface area contributed by atoms with Gasteiger partial charge in [0.1, 0.15) is 21.7 Å². The normalized spacial score (nSPS) is 14.5. The third-order valence-corrected chi connectivity index (χ3v) is 16.0. The van der Waals surface area contributed by atoms with E-state index in [4.69, 9.17) is 35.6 Å². The smallest absolute Gasteiger partial charge is 0.410 e. The zero-order valence-corrected chi connectivity index (χ0v) is 49.4. The van der Waals surface area contributed by atoms with Crippen LogP contribution in [0.2, 0.25) is 0 Å². The van der Waals surface area contributed by atoms with Crippen molar-refractivity contribution in [3.05, 3.63) is 80.3 Å². The van der Waals surface area contributed by atoms with Crippen molar-refractivity contribution in [3.63, 3.8) is 0 Å². The fraction of sp³-hybridized carbons (Fsp3) is 0.500. The van der Waals surface area contributed by atoms with E-state index in [2.05, 4.69) is 25.6 Å². The van der Waals surface area contributed by atoms with Gasteiger partial charge in [0.15, 0.2) is 11.5 Å². The van der Waals surface area contributed by atoms with E-state index in [0.29, 0.717) is 114 Å². The molecule has 8 rings (SSSR count). The highest BCUT2D eigenvalue weighted by molar-refractivity contribution is 7.98. The topological polar surface area (TPSA) is 282 Å². The first-order valence-corrected chi connectivity index (χ1v) is 29.6. The number of rotatable bonds is 22. The van der Waals surface area contributed by atoms with Gasteiger partial charge in [-0.3, -0.25) is 39.4 Å². The fourth-order valence-electron chi connectivity index (χ4n) is 10.1. The third-order valence-electron chi connectivity index (χ3n) is 14.3. The molecule has 82 heavy (non-hydrogen) atoms. The number of amides is 6. The van der Waals surface area contributed by atoms with Gasteiger partial charge >= 0.3 is 12.2 Å². The van der Waals surface area contributed by atoms with Crippen LogP contribution >= 0.6 is 23.1 Å². The summed E-state index contributed by atoms with van der Waals surface area (Å²) in [5, 5.41) is 10.7. The van der Waals surface area contributed by atoms with Gasteiger partial charge in [0.2, 0.25) is 23.7 Å². The highest BCUT2D eigenvalue weighted by Crippen LogP contribution is 2.34. The van der Waals surface area contributed by atoms with Crippen LogP contribution in [0.4, 0.5) is 25.9 Å². The number of thiazole rings is 1. The summed E-state index contributed by atoms with van der Waals surface area (Å²) in [7, 11) is 0. The zero-order valence-electron chi connectivity index (χ0n) is 47.8. The number of carbonyl (C=O) groups is 6. The Balaban J connectivity index is 0.956. The fourth-order valence-corrected chi connectivity index (χ4v) is 11.7. The van der Waals surface area contributed by atoms with Gasteiger partial charge in [0, 0.05) is 81.5 Å². The van der Waals surface area contributed by atoms with Gasteiger partial charge in [-0.2, -0.15) is 5.10 Å². The van der Waals surface area contributed by atoms with Gasteiger partial charge in [0.25, 0.3) is 11.8 Å². The van der Waals surface area contributed by atoms with Crippen molar-refractivity contribution >= 4 is 92.9 Å². The van der Waals surface area contributed by atoms with Crippen molar-refractivity contribution in [2.45, 2.75) is 117 Å². The van der Waals surface area contributed by atoms with E-state index in [1.807, 2.05) is 53.0 Å². The number of aromatic nitrogens is 7. The number of piperidine rings is 1. The first-order valence-electron chi connectivity index (χ1n) is 27.6. The average molecular weight is 1170 g/mol. The molecule has 0 bridgehead atoms. The van der Waals surface area contributed by atoms with Crippen LogP contribution in [0, 0.1) is 25.6 Å². The predicted molar refractivity (Wildman–Crippen MR) is 311 cm³/mol. The molecule has 0 atom stereocenters. The molecule has 23 nitrogen and oxygen atoms in total. The second-order valence-corrected chi connectivity index (χ2v) is 23.3. The molecule has 6 aromatic rings. The molecule has 4 aromatic heterocycles. The van der Waals surface area contributed by atoms with Crippen LogP contribution in [0.25, 0.3) is 22.1 Å². The van der Waals surface area contributed by atoms with Crippen molar-refractivity contribution < 1.29 is 47.4 Å². The number of nitrogens with zero attached hydrogens (tertiary/aromatic N) is 10. The second-order valence-electron chi connectivity index (χ2n) is 21.2. The molecule has 2 aromatic carbocycles. The van der Waals surface area contributed by atoms with Crippen LogP contribution in [-0.4, -0.2) is 155 Å². The number of thioether (sulfide) groups is 1. The summed E-state index contributed by atoms with van der Waals surface area (Å²) in [5.41, 5.74) is 13.6. The molecule has 6 N–H and O–H groups in total. The highest BCUT2D eigenvalue weighted by Gasteiger charge is 2.29. The number of primary amides is 2. The quantitative estimate of drug-likeness (QED) is 0.0284. The Morgan fingerprint density at radius 3 is 2.01 bits per heavy atom. The summed E-state index contributed by atoms with van der Waals surface area (Å²) in [5.74, 6) is -2.30. The number of imidazole rings is 2.